The van der Waals surface area contributed by atoms with Crippen LogP contribution in [-0.4, -0.2) is 41.8 Å². The largest absolute Gasteiger partial charge is 0.469 e. The first-order valence-electron chi connectivity index (χ1n) is 8.20. The molecule has 0 aliphatic carbocycles. The van der Waals surface area contributed by atoms with Gasteiger partial charge in [-0.25, -0.2) is 4.79 Å². The number of unbranched alkanes of at least 4 members (excludes halogenated alkanes) is 1. The Hall–Kier alpha value is -1.95. The number of urea groups is 1. The number of amides is 2. The maximum absolute atomic E-state index is 12.3. The topological polar surface area (TPSA) is 58.6 Å². The number of allylic oxidation sites excluding steroid dienone is 1. The Kier molecular flexibility index (Phi) is 5.45. The Bertz CT molecular complexity index is 632. The lowest BCUT2D eigenvalue weighted by Gasteiger charge is -2.21. The third-order valence-electron chi connectivity index (χ3n) is 4.41. The van der Waals surface area contributed by atoms with Crippen LogP contribution in [0.4, 0.5) is 4.79 Å². The van der Waals surface area contributed by atoms with Crippen LogP contribution < -0.4 is 5.32 Å². The molecule has 1 N–H and O–H groups in total. The summed E-state index contributed by atoms with van der Waals surface area (Å²) in [4.78, 5) is 26.6. The van der Waals surface area contributed by atoms with Crippen molar-refractivity contribution in [1.82, 2.24) is 10.2 Å². The quantitative estimate of drug-likeness (QED) is 0.489. The van der Waals surface area contributed by atoms with E-state index in [9.17, 15) is 9.59 Å². The van der Waals surface area contributed by atoms with Crippen LogP contribution in [-0.2, 0) is 16.1 Å². The molecule has 24 heavy (non-hydrogen) atoms. The second kappa shape index (κ2) is 7.75. The first-order chi connectivity index (χ1) is 11.7. The number of ether oxygens (including phenoxy) is 1. The first-order valence-corrected chi connectivity index (χ1v) is 9.18. The fourth-order valence-corrected chi connectivity index (χ4v) is 4.48. The second-order valence-corrected chi connectivity index (χ2v) is 7.09. The summed E-state index contributed by atoms with van der Waals surface area (Å²) in [6.07, 6.45) is 4.20. The highest BCUT2D eigenvalue weighted by molar-refractivity contribution is 8.03. The third-order valence-corrected chi connectivity index (χ3v) is 5.67. The summed E-state index contributed by atoms with van der Waals surface area (Å²) in [5.41, 5.74) is 1.15. The second-order valence-electron chi connectivity index (χ2n) is 5.99. The van der Waals surface area contributed by atoms with Crippen LogP contribution in [0.1, 0.15) is 24.8 Å². The summed E-state index contributed by atoms with van der Waals surface area (Å²) in [6.45, 7) is 0.643. The summed E-state index contributed by atoms with van der Waals surface area (Å²) in [5.74, 6) is 0.743. The van der Waals surface area contributed by atoms with Crippen molar-refractivity contribution < 1.29 is 14.3 Å². The molecule has 0 bridgehead atoms. The van der Waals surface area contributed by atoms with Crippen molar-refractivity contribution in [3.63, 3.8) is 0 Å². The van der Waals surface area contributed by atoms with Gasteiger partial charge in [-0.2, -0.15) is 0 Å². The van der Waals surface area contributed by atoms with E-state index in [1.165, 1.54) is 12.0 Å². The molecule has 0 spiro atoms. The molecule has 3 rings (SSSR count). The summed E-state index contributed by atoms with van der Waals surface area (Å²) in [7, 11) is 1.41. The SMILES string of the molecule is COC(=O)CCC/C=C1/SC[C@H]2[C@@H]1NC(=O)N2Cc1ccccc1. The van der Waals surface area contributed by atoms with E-state index in [1.54, 1.807) is 11.8 Å². The monoisotopic (exact) mass is 346 g/mol. The molecular weight excluding hydrogens is 324 g/mol. The lowest BCUT2D eigenvalue weighted by molar-refractivity contribution is -0.140. The molecule has 1 aromatic rings. The third kappa shape index (κ3) is 3.75. The van der Waals surface area contributed by atoms with Gasteiger partial charge in [-0.1, -0.05) is 36.4 Å². The van der Waals surface area contributed by atoms with Crippen LogP contribution in [0.2, 0.25) is 0 Å². The van der Waals surface area contributed by atoms with Crippen molar-refractivity contribution in [2.45, 2.75) is 37.9 Å². The number of esters is 1. The van der Waals surface area contributed by atoms with Gasteiger partial charge in [-0.15, -0.1) is 11.8 Å². The summed E-state index contributed by atoms with van der Waals surface area (Å²) in [5, 5.41) is 3.10. The number of methoxy groups -OCH3 is 1. The molecular formula is C18H22N2O3S. The molecule has 0 saturated carbocycles. The van der Waals surface area contributed by atoms with E-state index >= 15 is 0 Å². The van der Waals surface area contributed by atoms with Crippen molar-refractivity contribution in [2.24, 2.45) is 0 Å². The van der Waals surface area contributed by atoms with Crippen LogP contribution in [0.25, 0.3) is 0 Å². The minimum atomic E-state index is -0.173. The van der Waals surface area contributed by atoms with Gasteiger partial charge in [0.2, 0.25) is 0 Å². The molecule has 2 saturated heterocycles. The average Bonchev–Trinajstić information content (AvgIpc) is 3.12. The maximum atomic E-state index is 12.3. The van der Waals surface area contributed by atoms with Crippen molar-refractivity contribution in [1.29, 1.82) is 0 Å². The predicted octanol–water partition coefficient (Wildman–Crippen LogP) is 2.92. The Morgan fingerprint density at radius 1 is 1.42 bits per heavy atom. The number of carbonyl (C=O) groups excluding carboxylic acids is 2. The number of hydrogen-bond donors (Lipinski definition) is 1. The van der Waals surface area contributed by atoms with Gasteiger partial charge in [-0.3, -0.25) is 4.79 Å². The van der Waals surface area contributed by atoms with Crippen LogP contribution >= 0.6 is 11.8 Å². The molecule has 2 heterocycles. The smallest absolute Gasteiger partial charge is 0.318 e. The van der Waals surface area contributed by atoms with E-state index in [0.29, 0.717) is 13.0 Å². The molecule has 128 valence electrons. The first kappa shape index (κ1) is 16.9. The molecule has 0 aromatic heterocycles. The van der Waals surface area contributed by atoms with Crippen LogP contribution in [0, 0.1) is 0 Å². The number of rotatable bonds is 6. The van der Waals surface area contributed by atoms with Gasteiger partial charge in [-0.05, 0) is 18.4 Å². The van der Waals surface area contributed by atoms with Gasteiger partial charge in [0.1, 0.15) is 0 Å². The van der Waals surface area contributed by atoms with Gasteiger partial charge >= 0.3 is 12.0 Å². The van der Waals surface area contributed by atoms with Crippen molar-refractivity contribution in [3.8, 4) is 0 Å². The number of fused-ring (bicyclic) bond motifs is 1. The molecule has 2 aliphatic heterocycles. The number of carbonyl (C=O) groups is 2. The minimum absolute atomic E-state index is 0.00890. The zero-order chi connectivity index (χ0) is 16.9. The van der Waals surface area contributed by atoms with Crippen LogP contribution in [0.15, 0.2) is 41.3 Å². The number of thioether (sulfide) groups is 1. The van der Waals surface area contributed by atoms with Crippen molar-refractivity contribution in [3.05, 3.63) is 46.9 Å². The molecule has 0 radical (unpaired) electrons. The minimum Gasteiger partial charge on any atom is -0.469 e. The summed E-state index contributed by atoms with van der Waals surface area (Å²) >= 11 is 1.80. The van der Waals surface area contributed by atoms with Gasteiger partial charge in [0, 0.05) is 23.6 Å². The Morgan fingerprint density at radius 3 is 2.96 bits per heavy atom. The highest BCUT2D eigenvalue weighted by Crippen LogP contribution is 2.38. The van der Waals surface area contributed by atoms with E-state index in [4.69, 9.17) is 0 Å². The van der Waals surface area contributed by atoms with Gasteiger partial charge in [0.25, 0.3) is 0 Å². The lowest BCUT2D eigenvalue weighted by Crippen LogP contribution is -2.35. The van der Waals surface area contributed by atoms with Crippen molar-refractivity contribution in [2.75, 3.05) is 12.9 Å². The average molecular weight is 346 g/mol. The molecule has 6 heteroatoms. The zero-order valence-electron chi connectivity index (χ0n) is 13.7. The van der Waals surface area contributed by atoms with E-state index in [2.05, 4.69) is 16.1 Å². The van der Waals surface area contributed by atoms with Crippen molar-refractivity contribution >= 4 is 23.8 Å². The molecule has 2 atom stereocenters. The van der Waals surface area contributed by atoms with E-state index < -0.39 is 0 Å². The van der Waals surface area contributed by atoms with Gasteiger partial charge in [0.15, 0.2) is 0 Å². The lowest BCUT2D eigenvalue weighted by atomic mass is 10.1. The summed E-state index contributed by atoms with van der Waals surface area (Å²) in [6, 6.07) is 10.4. The Balaban J connectivity index is 1.58. The molecule has 0 unspecified atom stereocenters. The standard InChI is InChI=1S/C18H22N2O3S/c1-23-16(21)10-6-5-9-15-17-14(12-24-15)20(18(22)19-17)11-13-7-3-2-4-8-13/h2-4,7-9,14,17H,5-6,10-12H2,1H3,(H,19,22)/b15-9+/t14-,17-/m0/s1. The number of nitrogens with zero attached hydrogens (tertiary/aromatic N) is 1. The molecule has 2 fully saturated rings. The molecule has 2 amide bonds. The normalized spacial score (nSPS) is 24.1. The van der Waals surface area contributed by atoms with E-state index in [1.807, 2.05) is 35.2 Å². The van der Waals surface area contributed by atoms with E-state index in [0.717, 1.165) is 24.2 Å². The maximum Gasteiger partial charge on any atom is 0.318 e. The van der Waals surface area contributed by atoms with Gasteiger partial charge in [0.05, 0.1) is 19.2 Å². The fourth-order valence-electron chi connectivity index (χ4n) is 3.11. The fraction of sp³-hybridized carbons (Fsp3) is 0.444. The molecule has 2 aliphatic rings. The Labute approximate surface area is 146 Å². The van der Waals surface area contributed by atoms with E-state index in [-0.39, 0.29) is 24.1 Å². The number of benzene rings is 1. The molecule has 5 nitrogen and oxygen atoms in total. The highest BCUT2D eigenvalue weighted by atomic mass is 32.2. The predicted molar refractivity (Wildman–Crippen MR) is 94.5 cm³/mol. The number of nitrogens with one attached hydrogen (secondary N) is 1. The summed E-state index contributed by atoms with van der Waals surface area (Å²) < 4.78 is 4.65. The van der Waals surface area contributed by atoms with Crippen LogP contribution in [0.5, 0.6) is 0 Å². The highest BCUT2D eigenvalue weighted by Gasteiger charge is 2.45. The van der Waals surface area contributed by atoms with Gasteiger partial charge < -0.3 is 15.0 Å². The number of hydrogen-bond acceptors (Lipinski definition) is 4. The zero-order valence-corrected chi connectivity index (χ0v) is 14.6. The Morgan fingerprint density at radius 2 is 2.21 bits per heavy atom. The molecule has 1 aromatic carbocycles. The van der Waals surface area contributed by atoms with Crippen LogP contribution in [0.3, 0.4) is 0 Å².